The average Bonchev–Trinajstić information content (AvgIpc) is 3.39. The number of nitrogens with zero attached hydrogens (tertiary/aromatic N) is 2. The number of ether oxygens (including phenoxy) is 1. The monoisotopic (exact) mass is 566 g/mol. The summed E-state index contributed by atoms with van der Waals surface area (Å²) in [6.07, 6.45) is 7.84. The molecule has 214 valence electrons. The van der Waals surface area contributed by atoms with Crippen LogP contribution in [0.25, 0.3) is 10.4 Å². The van der Waals surface area contributed by atoms with Crippen LogP contribution in [0.2, 0.25) is 0 Å². The molecule has 0 radical (unpaired) electrons. The average molecular weight is 567 g/mol. The maximum absolute atomic E-state index is 14.5. The van der Waals surface area contributed by atoms with E-state index in [9.17, 15) is 14.3 Å². The predicted molar refractivity (Wildman–Crippen MR) is 155 cm³/mol. The van der Waals surface area contributed by atoms with Gasteiger partial charge in [0.2, 0.25) is 11.8 Å². The zero-order valence-electron chi connectivity index (χ0n) is 23.7. The first-order valence-electron chi connectivity index (χ1n) is 14.0. The number of hydrogen-bond donors (Lipinski definition) is 3. The Hall–Kier alpha value is -2.88. The standard InChI is InChI=1S/C31H39FN4O3S/c1-19(37)36-25(11-20-8-22(12-23(32)9-20)28-17-33-18-40-28)27(38)16-34-26-14-31(6-5-7-31)39-29-24(26)10-21(15-35-29)13-30(2,3)4/h8-10,12,15,17-18,25-27,34,38H,5-7,11,13-14,16H2,1-4H3,(H,36,37)/t25-,26-,27+/m0/s1. The molecule has 2 aliphatic rings. The van der Waals surface area contributed by atoms with Crippen molar-refractivity contribution >= 4 is 17.2 Å². The molecule has 1 aromatic carbocycles. The number of halogens is 1. The van der Waals surface area contributed by atoms with Gasteiger partial charge in [-0.15, -0.1) is 11.3 Å². The van der Waals surface area contributed by atoms with Crippen LogP contribution in [0.15, 0.2) is 42.2 Å². The van der Waals surface area contributed by atoms with Gasteiger partial charge in [-0.1, -0.05) is 20.8 Å². The van der Waals surface area contributed by atoms with Crippen LogP contribution < -0.4 is 15.4 Å². The van der Waals surface area contributed by atoms with Crippen molar-refractivity contribution < 1.29 is 19.0 Å². The normalized spacial score (nSPS) is 19.3. The lowest BCUT2D eigenvalue weighted by molar-refractivity contribution is -0.120. The lowest BCUT2D eigenvalue weighted by Crippen LogP contribution is -2.52. The smallest absolute Gasteiger partial charge is 0.218 e. The third kappa shape index (κ3) is 6.87. The van der Waals surface area contributed by atoms with E-state index in [1.807, 2.05) is 12.3 Å². The highest BCUT2D eigenvalue weighted by atomic mass is 32.1. The molecule has 3 aromatic rings. The molecule has 1 saturated carbocycles. The number of pyridine rings is 1. The summed E-state index contributed by atoms with van der Waals surface area (Å²) in [5.74, 6) is 0.0617. The molecule has 5 rings (SSSR count). The van der Waals surface area contributed by atoms with Crippen LogP contribution in [-0.4, -0.2) is 45.3 Å². The summed E-state index contributed by atoms with van der Waals surface area (Å²) in [4.78, 5) is 21.7. The summed E-state index contributed by atoms with van der Waals surface area (Å²) in [6.45, 7) is 8.31. The van der Waals surface area contributed by atoms with Crippen molar-refractivity contribution in [1.82, 2.24) is 20.6 Å². The van der Waals surface area contributed by atoms with Gasteiger partial charge in [-0.2, -0.15) is 0 Å². The molecule has 0 bridgehead atoms. The lowest BCUT2D eigenvalue weighted by atomic mass is 9.73. The Bertz CT molecular complexity index is 1340. The van der Waals surface area contributed by atoms with Crippen molar-refractivity contribution in [2.45, 2.75) is 90.0 Å². The molecule has 3 N–H and O–H groups in total. The Kier molecular flexibility index (Phi) is 8.27. The fourth-order valence-corrected chi connectivity index (χ4v) is 6.43. The van der Waals surface area contributed by atoms with E-state index in [4.69, 9.17) is 9.72 Å². The fourth-order valence-electron chi connectivity index (χ4n) is 5.82. The molecule has 1 amide bonds. The number of fused-ring (bicyclic) bond motifs is 1. The van der Waals surface area contributed by atoms with Gasteiger partial charge in [0.15, 0.2) is 0 Å². The Morgan fingerprint density at radius 1 is 1.23 bits per heavy atom. The van der Waals surface area contributed by atoms with E-state index in [1.165, 1.54) is 30.4 Å². The summed E-state index contributed by atoms with van der Waals surface area (Å²) < 4.78 is 20.9. The quantitative estimate of drug-likeness (QED) is 0.322. The molecule has 1 spiro atoms. The van der Waals surface area contributed by atoms with Gasteiger partial charge in [-0.25, -0.2) is 9.37 Å². The molecular formula is C31H39FN4O3S. The van der Waals surface area contributed by atoms with Crippen molar-refractivity contribution in [3.8, 4) is 16.3 Å². The number of benzene rings is 1. The van der Waals surface area contributed by atoms with E-state index < -0.39 is 12.1 Å². The third-order valence-electron chi connectivity index (χ3n) is 7.76. The first-order valence-corrected chi connectivity index (χ1v) is 14.9. The summed E-state index contributed by atoms with van der Waals surface area (Å²) >= 11 is 1.44. The molecule has 1 aliphatic heterocycles. The van der Waals surface area contributed by atoms with Crippen LogP contribution in [0.3, 0.4) is 0 Å². The minimum atomic E-state index is -0.895. The number of aromatic nitrogens is 2. The molecule has 1 aliphatic carbocycles. The number of carbonyl (C=O) groups is 1. The Labute approximate surface area is 239 Å². The van der Waals surface area contributed by atoms with Crippen molar-refractivity contribution in [2.75, 3.05) is 6.54 Å². The number of nitrogens with one attached hydrogen (secondary N) is 2. The maximum Gasteiger partial charge on any atom is 0.218 e. The largest absolute Gasteiger partial charge is 0.471 e. The van der Waals surface area contributed by atoms with E-state index in [1.54, 1.807) is 11.7 Å². The molecule has 40 heavy (non-hydrogen) atoms. The minimum Gasteiger partial charge on any atom is -0.471 e. The number of rotatable bonds is 9. The van der Waals surface area contributed by atoms with Gasteiger partial charge in [0.1, 0.15) is 11.4 Å². The Morgan fingerprint density at radius 2 is 2.02 bits per heavy atom. The Morgan fingerprint density at radius 3 is 2.67 bits per heavy atom. The predicted octanol–water partition coefficient (Wildman–Crippen LogP) is 5.38. The zero-order chi connectivity index (χ0) is 28.5. The van der Waals surface area contributed by atoms with E-state index >= 15 is 0 Å². The van der Waals surface area contributed by atoms with Crippen LogP contribution in [0.4, 0.5) is 4.39 Å². The molecule has 7 nitrogen and oxygen atoms in total. The van der Waals surface area contributed by atoms with E-state index in [0.717, 1.165) is 53.7 Å². The maximum atomic E-state index is 14.5. The van der Waals surface area contributed by atoms with Crippen LogP contribution in [0, 0.1) is 11.2 Å². The van der Waals surface area contributed by atoms with Crippen LogP contribution in [-0.2, 0) is 17.6 Å². The molecule has 2 aromatic heterocycles. The van der Waals surface area contributed by atoms with Gasteiger partial charge in [-0.3, -0.25) is 9.78 Å². The van der Waals surface area contributed by atoms with Gasteiger partial charge >= 0.3 is 0 Å². The summed E-state index contributed by atoms with van der Waals surface area (Å²) in [7, 11) is 0. The first kappa shape index (κ1) is 28.6. The second-order valence-corrected chi connectivity index (χ2v) is 13.5. The number of aliphatic hydroxyl groups is 1. The molecule has 3 atom stereocenters. The van der Waals surface area contributed by atoms with Gasteiger partial charge in [-0.05, 0) is 78.5 Å². The number of carbonyl (C=O) groups excluding carboxylic acids is 1. The van der Waals surface area contributed by atoms with Crippen molar-refractivity contribution in [3.05, 3.63) is 64.7 Å². The number of amides is 1. The molecule has 0 unspecified atom stereocenters. The molecule has 9 heteroatoms. The van der Waals surface area contributed by atoms with Crippen LogP contribution >= 0.6 is 11.3 Å². The van der Waals surface area contributed by atoms with Crippen molar-refractivity contribution in [1.29, 1.82) is 0 Å². The Balaban J connectivity index is 1.33. The van der Waals surface area contributed by atoms with E-state index in [2.05, 4.69) is 42.5 Å². The van der Waals surface area contributed by atoms with Crippen molar-refractivity contribution in [3.63, 3.8) is 0 Å². The summed E-state index contributed by atoms with van der Waals surface area (Å²) in [6, 6.07) is 6.38. The molecular weight excluding hydrogens is 527 g/mol. The number of hydrogen-bond acceptors (Lipinski definition) is 7. The van der Waals surface area contributed by atoms with Crippen molar-refractivity contribution in [2.24, 2.45) is 5.41 Å². The second kappa shape index (κ2) is 11.5. The molecule has 3 heterocycles. The van der Waals surface area contributed by atoms with Gasteiger partial charge in [0.25, 0.3) is 0 Å². The van der Waals surface area contributed by atoms with Crippen LogP contribution in [0.5, 0.6) is 5.88 Å². The highest BCUT2D eigenvalue weighted by Crippen LogP contribution is 2.48. The first-order chi connectivity index (χ1) is 19.0. The van der Waals surface area contributed by atoms with Gasteiger partial charge < -0.3 is 20.5 Å². The molecule has 0 saturated heterocycles. The topological polar surface area (TPSA) is 96.4 Å². The van der Waals surface area contributed by atoms with Crippen LogP contribution in [0.1, 0.15) is 76.1 Å². The molecule has 1 fully saturated rings. The van der Waals surface area contributed by atoms with E-state index in [0.29, 0.717) is 11.4 Å². The summed E-state index contributed by atoms with van der Waals surface area (Å²) in [5, 5.41) is 17.8. The van der Waals surface area contributed by atoms with E-state index in [-0.39, 0.29) is 41.7 Å². The summed E-state index contributed by atoms with van der Waals surface area (Å²) in [5.41, 5.74) is 5.23. The SMILES string of the molecule is CC(=O)N[C@@H](Cc1cc(F)cc(-c2cncs2)c1)[C@H](O)CN[C@H]1CC2(CCC2)Oc2ncc(CC(C)(C)C)cc21. The lowest BCUT2D eigenvalue weighted by Gasteiger charge is -2.47. The second-order valence-electron chi connectivity index (χ2n) is 12.6. The number of aliphatic hydroxyl groups excluding tert-OH is 1. The van der Waals surface area contributed by atoms with Gasteiger partial charge in [0, 0.05) is 43.9 Å². The highest BCUT2D eigenvalue weighted by Gasteiger charge is 2.46. The highest BCUT2D eigenvalue weighted by molar-refractivity contribution is 7.13. The van der Waals surface area contributed by atoms with Gasteiger partial charge in [0.05, 0.1) is 22.5 Å². The third-order valence-corrected chi connectivity index (χ3v) is 8.58. The zero-order valence-corrected chi connectivity index (χ0v) is 24.5. The fraction of sp³-hybridized carbons (Fsp3) is 0.516. The number of thiazole rings is 1. The minimum absolute atomic E-state index is 0.0313.